The van der Waals surface area contributed by atoms with Crippen LogP contribution in [0.25, 0.3) is 11.5 Å². The Hall–Kier alpha value is -2.67. The van der Waals surface area contributed by atoms with Crippen molar-refractivity contribution in [2.45, 2.75) is 39.0 Å². The summed E-state index contributed by atoms with van der Waals surface area (Å²) in [6, 6.07) is 7.67. The third kappa shape index (κ3) is 4.78. The number of carbonyl (C=O) groups is 1. The van der Waals surface area contributed by atoms with Gasteiger partial charge in [0.05, 0.1) is 10.7 Å². The van der Waals surface area contributed by atoms with Crippen molar-refractivity contribution in [1.29, 1.82) is 0 Å². The molecular formula is C20H22ClFN4O2. The first-order valence-electron chi connectivity index (χ1n) is 9.19. The monoisotopic (exact) mass is 404 g/mol. The number of benzene rings is 1. The molecule has 0 radical (unpaired) electrons. The van der Waals surface area contributed by atoms with Crippen molar-refractivity contribution < 1.29 is 13.7 Å². The number of amides is 1. The number of halogens is 2. The highest BCUT2D eigenvalue weighted by Gasteiger charge is 2.20. The van der Waals surface area contributed by atoms with Crippen molar-refractivity contribution >= 4 is 23.2 Å². The standard InChI is InChI=1S/C20H22ClFN4O2/c1-3-14(20-24-19(25-28-20)18-11-15(21)12-23-18)5-4-10-26(13(2)27)17-8-6-16(22)7-9-17/h6-9,11-12,14,23H,3-5,10H2,1-2H3. The number of aromatic nitrogens is 3. The minimum Gasteiger partial charge on any atom is -0.357 e. The Morgan fingerprint density at radius 2 is 2.11 bits per heavy atom. The smallest absolute Gasteiger partial charge is 0.230 e. The van der Waals surface area contributed by atoms with Crippen LogP contribution >= 0.6 is 11.6 Å². The fraction of sp³-hybridized carbons (Fsp3) is 0.350. The molecule has 3 aromatic rings. The van der Waals surface area contributed by atoms with Gasteiger partial charge in [0.25, 0.3) is 0 Å². The first-order chi connectivity index (χ1) is 13.5. The van der Waals surface area contributed by atoms with E-state index in [0.717, 1.165) is 19.3 Å². The highest BCUT2D eigenvalue weighted by atomic mass is 35.5. The second-order valence-corrected chi connectivity index (χ2v) is 7.02. The summed E-state index contributed by atoms with van der Waals surface area (Å²) in [6.07, 6.45) is 4.04. The average molecular weight is 405 g/mol. The fourth-order valence-corrected chi connectivity index (χ4v) is 3.26. The minimum absolute atomic E-state index is 0.0802. The van der Waals surface area contributed by atoms with Crippen molar-refractivity contribution in [2.75, 3.05) is 11.4 Å². The van der Waals surface area contributed by atoms with Gasteiger partial charge in [0.1, 0.15) is 5.82 Å². The Morgan fingerprint density at radius 1 is 1.36 bits per heavy atom. The molecule has 2 aromatic heterocycles. The molecule has 28 heavy (non-hydrogen) atoms. The Kier molecular flexibility index (Phi) is 6.46. The minimum atomic E-state index is -0.325. The molecular weight excluding hydrogens is 383 g/mol. The van der Waals surface area contributed by atoms with E-state index >= 15 is 0 Å². The molecule has 0 spiro atoms. The Balaban J connectivity index is 1.62. The molecule has 0 aliphatic heterocycles. The van der Waals surface area contributed by atoms with E-state index < -0.39 is 0 Å². The second kappa shape index (κ2) is 9.01. The van der Waals surface area contributed by atoms with Crippen molar-refractivity contribution in [3.63, 3.8) is 0 Å². The molecule has 0 saturated carbocycles. The van der Waals surface area contributed by atoms with E-state index in [9.17, 15) is 9.18 Å². The fourth-order valence-electron chi connectivity index (χ4n) is 3.09. The molecule has 0 aliphatic rings. The van der Waals surface area contributed by atoms with E-state index in [2.05, 4.69) is 22.0 Å². The van der Waals surface area contributed by atoms with Crippen LogP contribution in [0.4, 0.5) is 10.1 Å². The van der Waals surface area contributed by atoms with E-state index in [-0.39, 0.29) is 17.6 Å². The zero-order chi connectivity index (χ0) is 20.1. The van der Waals surface area contributed by atoms with Crippen molar-refractivity contribution in [1.82, 2.24) is 15.1 Å². The van der Waals surface area contributed by atoms with Crippen LogP contribution in [-0.2, 0) is 4.79 Å². The highest BCUT2D eigenvalue weighted by Crippen LogP contribution is 2.27. The zero-order valence-electron chi connectivity index (χ0n) is 15.8. The molecule has 1 aromatic carbocycles. The SMILES string of the molecule is CCC(CCCN(C(C)=O)c1ccc(F)cc1)c1nc(-c2cc(Cl)c[nH]2)no1. The predicted molar refractivity (Wildman–Crippen MR) is 106 cm³/mol. The van der Waals surface area contributed by atoms with Crippen LogP contribution in [0.15, 0.2) is 41.1 Å². The number of aromatic amines is 1. The van der Waals surface area contributed by atoms with Crippen LogP contribution in [0.2, 0.25) is 5.02 Å². The van der Waals surface area contributed by atoms with Gasteiger partial charge in [-0.3, -0.25) is 4.79 Å². The third-order valence-corrected chi connectivity index (χ3v) is 4.84. The number of nitrogens with zero attached hydrogens (tertiary/aromatic N) is 3. The summed E-state index contributed by atoms with van der Waals surface area (Å²) in [7, 11) is 0. The van der Waals surface area contributed by atoms with Crippen LogP contribution in [0.3, 0.4) is 0 Å². The summed E-state index contributed by atoms with van der Waals surface area (Å²) in [6.45, 7) is 4.10. The summed E-state index contributed by atoms with van der Waals surface area (Å²) >= 11 is 5.92. The number of hydrogen-bond donors (Lipinski definition) is 1. The maximum absolute atomic E-state index is 13.1. The van der Waals surface area contributed by atoms with Gasteiger partial charge in [0.15, 0.2) is 0 Å². The van der Waals surface area contributed by atoms with Crippen molar-refractivity contribution in [3.05, 3.63) is 53.3 Å². The number of rotatable bonds is 8. The Labute approximate surface area is 167 Å². The van der Waals surface area contributed by atoms with Gasteiger partial charge in [-0.05, 0) is 49.6 Å². The molecule has 0 bridgehead atoms. The molecule has 1 atom stereocenters. The number of carbonyl (C=O) groups excluding carboxylic acids is 1. The maximum atomic E-state index is 13.1. The Morgan fingerprint density at radius 3 is 2.71 bits per heavy atom. The normalized spacial score (nSPS) is 12.1. The van der Waals surface area contributed by atoms with Gasteiger partial charge in [0, 0.05) is 31.3 Å². The number of hydrogen-bond acceptors (Lipinski definition) is 4. The highest BCUT2D eigenvalue weighted by molar-refractivity contribution is 6.30. The van der Waals surface area contributed by atoms with E-state index in [4.69, 9.17) is 16.1 Å². The maximum Gasteiger partial charge on any atom is 0.230 e. The molecule has 3 rings (SSSR count). The number of anilines is 1. The van der Waals surface area contributed by atoms with E-state index in [1.54, 1.807) is 29.3 Å². The van der Waals surface area contributed by atoms with Gasteiger partial charge < -0.3 is 14.4 Å². The summed E-state index contributed by atoms with van der Waals surface area (Å²) in [4.78, 5) is 21.1. The second-order valence-electron chi connectivity index (χ2n) is 6.58. The van der Waals surface area contributed by atoms with Gasteiger partial charge in [-0.2, -0.15) is 4.98 Å². The Bertz CT molecular complexity index is 922. The van der Waals surface area contributed by atoms with Gasteiger partial charge in [-0.1, -0.05) is 23.7 Å². The molecule has 1 amide bonds. The van der Waals surface area contributed by atoms with Gasteiger partial charge in [-0.15, -0.1) is 0 Å². The van der Waals surface area contributed by atoms with Gasteiger partial charge >= 0.3 is 0 Å². The molecule has 2 heterocycles. The molecule has 6 nitrogen and oxygen atoms in total. The summed E-state index contributed by atoms with van der Waals surface area (Å²) in [5.74, 6) is 0.724. The van der Waals surface area contributed by atoms with Crippen LogP contribution in [-0.4, -0.2) is 27.6 Å². The lowest BCUT2D eigenvalue weighted by Gasteiger charge is -2.22. The summed E-state index contributed by atoms with van der Waals surface area (Å²) in [5.41, 5.74) is 1.39. The number of nitrogens with one attached hydrogen (secondary N) is 1. The predicted octanol–water partition coefficient (Wildman–Crippen LogP) is 5.18. The average Bonchev–Trinajstić information content (AvgIpc) is 3.32. The summed E-state index contributed by atoms with van der Waals surface area (Å²) in [5, 5.41) is 4.60. The van der Waals surface area contributed by atoms with Gasteiger partial charge in [-0.25, -0.2) is 4.39 Å². The van der Waals surface area contributed by atoms with Crippen LogP contribution < -0.4 is 4.90 Å². The topological polar surface area (TPSA) is 75.0 Å². The molecule has 1 unspecified atom stereocenters. The number of H-pyrrole nitrogens is 1. The first kappa shape index (κ1) is 20.1. The molecule has 0 saturated heterocycles. The van der Waals surface area contributed by atoms with Crippen LogP contribution in [0.5, 0.6) is 0 Å². The molecule has 0 fully saturated rings. The molecule has 1 N–H and O–H groups in total. The van der Waals surface area contributed by atoms with Gasteiger partial charge in [0.2, 0.25) is 17.6 Å². The zero-order valence-corrected chi connectivity index (χ0v) is 16.5. The van der Waals surface area contributed by atoms with E-state index in [1.807, 2.05) is 0 Å². The van der Waals surface area contributed by atoms with Crippen molar-refractivity contribution in [3.8, 4) is 11.5 Å². The van der Waals surface area contributed by atoms with Crippen LogP contribution in [0.1, 0.15) is 44.9 Å². The molecule has 148 valence electrons. The van der Waals surface area contributed by atoms with E-state index in [0.29, 0.717) is 34.7 Å². The third-order valence-electron chi connectivity index (χ3n) is 4.63. The lowest BCUT2D eigenvalue weighted by atomic mass is 10.00. The van der Waals surface area contributed by atoms with Crippen LogP contribution in [0, 0.1) is 5.82 Å². The molecule has 8 heteroatoms. The lowest BCUT2D eigenvalue weighted by molar-refractivity contribution is -0.116. The quantitative estimate of drug-likeness (QED) is 0.561. The largest absolute Gasteiger partial charge is 0.357 e. The lowest BCUT2D eigenvalue weighted by Crippen LogP contribution is -2.29. The first-order valence-corrected chi connectivity index (χ1v) is 9.57. The van der Waals surface area contributed by atoms with Crippen molar-refractivity contribution in [2.24, 2.45) is 0 Å². The molecule has 0 aliphatic carbocycles. The van der Waals surface area contributed by atoms with E-state index in [1.165, 1.54) is 19.1 Å². The summed E-state index contributed by atoms with van der Waals surface area (Å²) < 4.78 is 18.6.